The molecule has 3 unspecified atom stereocenters. The third-order valence-electron chi connectivity index (χ3n) is 4.75. The number of nitrogens with one attached hydrogen (secondary N) is 3. The van der Waals surface area contributed by atoms with Crippen LogP contribution in [0.1, 0.15) is 24.8 Å². The van der Waals surface area contributed by atoms with Gasteiger partial charge in [-0.3, -0.25) is 19.2 Å². The summed E-state index contributed by atoms with van der Waals surface area (Å²) >= 11 is 0. The number of H-pyrrole nitrogens is 1. The molecule has 1 aromatic carbocycles. The molecule has 0 aliphatic rings. The molecule has 2 aromatic rings. The van der Waals surface area contributed by atoms with Crippen molar-refractivity contribution in [3.63, 3.8) is 0 Å². The van der Waals surface area contributed by atoms with Crippen molar-refractivity contribution in [2.75, 3.05) is 0 Å². The Kier molecular flexibility index (Phi) is 8.30. The fourth-order valence-electron chi connectivity index (χ4n) is 3.12. The maximum absolute atomic E-state index is 12.9. The number of fused-ring (bicyclic) bond motifs is 1. The lowest BCUT2D eigenvalue weighted by Gasteiger charge is -2.22. The van der Waals surface area contributed by atoms with E-state index < -0.39 is 60.6 Å². The number of rotatable bonds is 12. The molecule has 2 rings (SSSR count). The van der Waals surface area contributed by atoms with Gasteiger partial charge in [0.05, 0.1) is 12.5 Å². The van der Waals surface area contributed by atoms with Crippen molar-refractivity contribution < 1.29 is 34.2 Å². The average molecular weight is 447 g/mol. The summed E-state index contributed by atoms with van der Waals surface area (Å²) in [6.07, 6.45) is 0.380. The second kappa shape index (κ2) is 10.9. The molecule has 3 atom stereocenters. The molecule has 0 saturated heterocycles. The lowest BCUT2D eigenvalue weighted by molar-refractivity contribution is -0.143. The van der Waals surface area contributed by atoms with Crippen molar-refractivity contribution in [2.45, 2.75) is 43.8 Å². The average Bonchev–Trinajstić information content (AvgIpc) is 3.12. The smallest absolute Gasteiger partial charge is 0.326 e. The van der Waals surface area contributed by atoms with Gasteiger partial charge in [0.1, 0.15) is 12.1 Å². The standard InChI is InChI=1S/C20H25N5O7/c21-12(8-16(22)26)18(29)25-15(7-10-9-23-13-4-2-1-3-11(10)13)19(30)24-14(20(31)32)5-6-17(27)28/h1-4,9,12,14-15,23H,5-8,21H2,(H2,22,26)(H,24,30)(H,25,29)(H,27,28)(H,31,32). The van der Waals surface area contributed by atoms with Crippen LogP contribution in [0.15, 0.2) is 30.5 Å². The predicted molar refractivity (Wildman–Crippen MR) is 112 cm³/mol. The van der Waals surface area contributed by atoms with E-state index in [-0.39, 0.29) is 12.8 Å². The van der Waals surface area contributed by atoms with E-state index >= 15 is 0 Å². The van der Waals surface area contributed by atoms with Crippen LogP contribution < -0.4 is 22.1 Å². The van der Waals surface area contributed by atoms with E-state index in [1.165, 1.54) is 0 Å². The van der Waals surface area contributed by atoms with Gasteiger partial charge in [-0.25, -0.2) is 4.79 Å². The fraction of sp³-hybridized carbons (Fsp3) is 0.350. The van der Waals surface area contributed by atoms with Crippen molar-refractivity contribution in [1.82, 2.24) is 15.6 Å². The van der Waals surface area contributed by atoms with E-state index in [1.54, 1.807) is 12.3 Å². The third-order valence-corrected chi connectivity index (χ3v) is 4.75. The number of para-hydroxylation sites is 1. The number of carbonyl (C=O) groups is 5. The van der Waals surface area contributed by atoms with Crippen LogP contribution in [0.5, 0.6) is 0 Å². The summed E-state index contributed by atoms with van der Waals surface area (Å²) < 4.78 is 0. The Hall–Kier alpha value is -3.93. The molecule has 1 aromatic heterocycles. The van der Waals surface area contributed by atoms with Gasteiger partial charge in [0.25, 0.3) is 0 Å². The molecule has 0 fully saturated rings. The highest BCUT2D eigenvalue weighted by Crippen LogP contribution is 2.19. The Morgan fingerprint density at radius 3 is 2.28 bits per heavy atom. The zero-order valence-electron chi connectivity index (χ0n) is 17.0. The molecule has 12 heteroatoms. The molecule has 0 aliphatic carbocycles. The van der Waals surface area contributed by atoms with Gasteiger partial charge in [-0.2, -0.15) is 0 Å². The third kappa shape index (κ3) is 6.80. The number of aromatic amines is 1. The molecule has 0 radical (unpaired) electrons. The van der Waals surface area contributed by atoms with Crippen molar-refractivity contribution >= 4 is 40.6 Å². The van der Waals surface area contributed by atoms with Crippen LogP contribution in [0.3, 0.4) is 0 Å². The first-order valence-electron chi connectivity index (χ1n) is 9.72. The summed E-state index contributed by atoms with van der Waals surface area (Å²) in [5.74, 6) is -5.09. The van der Waals surface area contributed by atoms with Gasteiger partial charge in [-0.05, 0) is 18.1 Å². The van der Waals surface area contributed by atoms with Gasteiger partial charge in [0.2, 0.25) is 17.7 Å². The minimum absolute atomic E-state index is 0.0177. The lowest BCUT2D eigenvalue weighted by Crippen LogP contribution is -2.55. The normalized spacial score (nSPS) is 13.7. The van der Waals surface area contributed by atoms with E-state index in [9.17, 15) is 29.1 Å². The summed E-state index contributed by atoms with van der Waals surface area (Å²) in [5, 5.41) is 23.6. The summed E-state index contributed by atoms with van der Waals surface area (Å²) in [7, 11) is 0. The van der Waals surface area contributed by atoms with Crippen LogP contribution in [0.2, 0.25) is 0 Å². The van der Waals surface area contributed by atoms with Crippen LogP contribution in [-0.4, -0.2) is 63.0 Å². The topological polar surface area (TPSA) is 218 Å². The number of hydrogen-bond acceptors (Lipinski definition) is 6. The quantitative estimate of drug-likeness (QED) is 0.210. The molecular weight excluding hydrogens is 422 g/mol. The maximum Gasteiger partial charge on any atom is 0.326 e. The molecule has 9 N–H and O–H groups in total. The number of carboxylic acids is 2. The zero-order valence-corrected chi connectivity index (χ0v) is 17.0. The van der Waals surface area contributed by atoms with Crippen molar-refractivity contribution in [3.05, 3.63) is 36.0 Å². The van der Waals surface area contributed by atoms with Gasteiger partial charge in [0.15, 0.2) is 0 Å². The van der Waals surface area contributed by atoms with Gasteiger partial charge >= 0.3 is 11.9 Å². The minimum atomic E-state index is -1.47. The Morgan fingerprint density at radius 1 is 1.00 bits per heavy atom. The molecule has 0 bridgehead atoms. The Labute approximate surface area is 182 Å². The van der Waals surface area contributed by atoms with E-state index in [0.29, 0.717) is 5.56 Å². The molecule has 12 nitrogen and oxygen atoms in total. The highest BCUT2D eigenvalue weighted by Gasteiger charge is 2.29. The number of amides is 3. The number of hydrogen-bond donors (Lipinski definition) is 7. The van der Waals surface area contributed by atoms with Crippen molar-refractivity contribution in [3.8, 4) is 0 Å². The van der Waals surface area contributed by atoms with Crippen molar-refractivity contribution in [2.24, 2.45) is 11.5 Å². The van der Waals surface area contributed by atoms with Crippen LogP contribution in [-0.2, 0) is 30.4 Å². The number of carbonyl (C=O) groups excluding carboxylic acids is 3. The first-order chi connectivity index (χ1) is 15.1. The number of aliphatic carboxylic acids is 2. The van der Waals surface area contributed by atoms with Gasteiger partial charge < -0.3 is 37.3 Å². The number of nitrogens with two attached hydrogens (primary N) is 2. The number of carboxylic acid groups (broad SMARTS) is 2. The van der Waals surface area contributed by atoms with E-state index in [2.05, 4.69) is 15.6 Å². The Balaban J connectivity index is 2.24. The van der Waals surface area contributed by atoms with Gasteiger partial charge in [-0.15, -0.1) is 0 Å². The molecule has 3 amide bonds. The SMILES string of the molecule is NC(=O)CC(N)C(=O)NC(Cc1c[nH]c2ccccc12)C(=O)NC(CCC(=O)O)C(=O)O. The zero-order chi connectivity index (χ0) is 23.8. The molecule has 0 aliphatic heterocycles. The van der Waals surface area contributed by atoms with Gasteiger partial charge in [-0.1, -0.05) is 18.2 Å². The van der Waals surface area contributed by atoms with Crippen molar-refractivity contribution in [1.29, 1.82) is 0 Å². The Bertz CT molecular complexity index is 1020. The second-order valence-electron chi connectivity index (χ2n) is 7.23. The lowest BCUT2D eigenvalue weighted by atomic mass is 10.0. The highest BCUT2D eigenvalue weighted by molar-refractivity contribution is 5.94. The Morgan fingerprint density at radius 2 is 1.66 bits per heavy atom. The molecule has 32 heavy (non-hydrogen) atoms. The van der Waals surface area contributed by atoms with Crippen LogP contribution in [0.25, 0.3) is 10.9 Å². The highest BCUT2D eigenvalue weighted by atomic mass is 16.4. The first kappa shape index (κ1) is 24.3. The fourth-order valence-corrected chi connectivity index (χ4v) is 3.12. The summed E-state index contributed by atoms with van der Waals surface area (Å²) in [4.78, 5) is 61.6. The summed E-state index contributed by atoms with van der Waals surface area (Å²) in [5.41, 5.74) is 12.2. The molecule has 0 spiro atoms. The van der Waals surface area contributed by atoms with E-state index in [0.717, 1.165) is 10.9 Å². The van der Waals surface area contributed by atoms with Gasteiger partial charge in [0, 0.05) is 29.9 Å². The molecule has 0 saturated carbocycles. The van der Waals surface area contributed by atoms with Crippen LogP contribution >= 0.6 is 0 Å². The minimum Gasteiger partial charge on any atom is -0.481 e. The summed E-state index contributed by atoms with van der Waals surface area (Å²) in [6, 6.07) is 3.23. The van der Waals surface area contributed by atoms with E-state index in [1.807, 2.05) is 18.2 Å². The molecular formula is C20H25N5O7. The van der Waals surface area contributed by atoms with Crippen LogP contribution in [0, 0.1) is 0 Å². The number of aromatic nitrogens is 1. The number of benzene rings is 1. The monoisotopic (exact) mass is 447 g/mol. The summed E-state index contributed by atoms with van der Waals surface area (Å²) in [6.45, 7) is 0. The second-order valence-corrected chi connectivity index (χ2v) is 7.23. The largest absolute Gasteiger partial charge is 0.481 e. The molecule has 172 valence electrons. The maximum atomic E-state index is 12.9. The van der Waals surface area contributed by atoms with E-state index in [4.69, 9.17) is 16.6 Å². The first-order valence-corrected chi connectivity index (χ1v) is 9.72. The number of primary amides is 1. The van der Waals surface area contributed by atoms with Crippen LogP contribution in [0.4, 0.5) is 0 Å². The predicted octanol–water partition coefficient (Wildman–Crippen LogP) is -1.17. The molecule has 1 heterocycles.